The summed E-state index contributed by atoms with van der Waals surface area (Å²) in [5.41, 5.74) is 4.59. The SMILES string of the molecule is CC(=O)n1cc(CN2CCCC(c3nc(SCCN4CCOCC4)ncc3C)C2)c2ccccc21. The zero-order valence-corrected chi connectivity index (χ0v) is 21.6. The van der Waals surface area contributed by atoms with E-state index in [0.29, 0.717) is 5.92 Å². The van der Waals surface area contributed by atoms with Crippen LogP contribution in [0.25, 0.3) is 10.9 Å². The van der Waals surface area contributed by atoms with Gasteiger partial charge in [0.1, 0.15) is 0 Å². The molecular weight excluding hydrogens is 458 g/mol. The predicted molar refractivity (Wildman–Crippen MR) is 140 cm³/mol. The number of aromatic nitrogens is 3. The zero-order valence-electron chi connectivity index (χ0n) is 20.8. The van der Waals surface area contributed by atoms with Crippen LogP contribution < -0.4 is 0 Å². The number of carbonyl (C=O) groups excluding carboxylic acids is 1. The number of hydrogen-bond acceptors (Lipinski definition) is 7. The Hall–Kier alpha value is -2.26. The first kappa shape index (κ1) is 24.4. The van der Waals surface area contributed by atoms with Crippen molar-refractivity contribution in [2.75, 3.05) is 51.7 Å². The lowest BCUT2D eigenvalue weighted by Gasteiger charge is -2.33. The van der Waals surface area contributed by atoms with Gasteiger partial charge in [0.05, 0.1) is 24.4 Å². The lowest BCUT2D eigenvalue weighted by molar-refractivity contribution is 0.0410. The van der Waals surface area contributed by atoms with Crippen molar-refractivity contribution in [2.24, 2.45) is 0 Å². The smallest absolute Gasteiger partial charge is 0.227 e. The van der Waals surface area contributed by atoms with E-state index in [0.717, 1.165) is 81.7 Å². The van der Waals surface area contributed by atoms with E-state index < -0.39 is 0 Å². The molecule has 0 bridgehead atoms. The van der Waals surface area contributed by atoms with Gasteiger partial charge in [0.2, 0.25) is 5.91 Å². The number of ether oxygens (including phenoxy) is 1. The van der Waals surface area contributed by atoms with E-state index in [9.17, 15) is 4.79 Å². The highest BCUT2D eigenvalue weighted by Crippen LogP contribution is 2.31. The van der Waals surface area contributed by atoms with Crippen LogP contribution in [-0.2, 0) is 11.3 Å². The maximum atomic E-state index is 12.2. The van der Waals surface area contributed by atoms with Crippen molar-refractivity contribution in [3.8, 4) is 0 Å². The van der Waals surface area contributed by atoms with Crippen LogP contribution in [0.3, 0.4) is 0 Å². The number of nitrogens with zero attached hydrogens (tertiary/aromatic N) is 5. The number of thioether (sulfide) groups is 1. The molecule has 186 valence electrons. The van der Waals surface area contributed by atoms with E-state index in [1.807, 2.05) is 24.5 Å². The highest BCUT2D eigenvalue weighted by molar-refractivity contribution is 7.99. The molecular formula is C27H35N5O2S. The van der Waals surface area contributed by atoms with Crippen molar-refractivity contribution < 1.29 is 9.53 Å². The highest BCUT2D eigenvalue weighted by Gasteiger charge is 2.25. The first-order valence-electron chi connectivity index (χ1n) is 12.7. The van der Waals surface area contributed by atoms with Gasteiger partial charge in [0.25, 0.3) is 0 Å². The number of likely N-dealkylation sites (tertiary alicyclic amines) is 1. The Kier molecular flexibility index (Phi) is 7.82. The Morgan fingerprint density at radius 1 is 1.17 bits per heavy atom. The fourth-order valence-corrected chi connectivity index (χ4v) is 6.13. The summed E-state index contributed by atoms with van der Waals surface area (Å²) in [4.78, 5) is 26.8. The van der Waals surface area contributed by atoms with Gasteiger partial charge in [-0.25, -0.2) is 9.97 Å². The van der Waals surface area contributed by atoms with Crippen LogP contribution >= 0.6 is 11.8 Å². The lowest BCUT2D eigenvalue weighted by atomic mass is 9.92. The second-order valence-corrected chi connectivity index (χ2v) is 10.7. The molecule has 8 heteroatoms. The fraction of sp³-hybridized carbons (Fsp3) is 0.519. The topological polar surface area (TPSA) is 63.5 Å². The molecule has 2 aliphatic rings. The standard InChI is InChI=1S/C27H35N5O2S/c1-20-16-28-27(35-15-12-30-10-13-34-14-11-30)29-26(20)22-6-5-9-31(17-22)18-23-19-32(21(2)33)25-8-4-3-7-24(23)25/h3-4,7-8,16,19,22H,5-6,9-15,17-18H2,1-2H3. The van der Waals surface area contributed by atoms with Crippen LogP contribution in [0.5, 0.6) is 0 Å². The molecule has 2 fully saturated rings. The molecule has 1 aromatic carbocycles. The van der Waals surface area contributed by atoms with E-state index in [2.05, 4.69) is 33.8 Å². The Morgan fingerprint density at radius 3 is 2.83 bits per heavy atom. The van der Waals surface area contributed by atoms with E-state index >= 15 is 0 Å². The molecule has 2 aliphatic heterocycles. The summed E-state index contributed by atoms with van der Waals surface area (Å²) in [5, 5.41) is 2.06. The van der Waals surface area contributed by atoms with E-state index in [4.69, 9.17) is 9.72 Å². The number of carbonyl (C=O) groups is 1. The van der Waals surface area contributed by atoms with E-state index in [1.54, 1.807) is 23.3 Å². The predicted octanol–water partition coefficient (Wildman–Crippen LogP) is 4.20. The number of piperidine rings is 1. The third-order valence-corrected chi connectivity index (χ3v) is 7.99. The van der Waals surface area contributed by atoms with Crippen molar-refractivity contribution in [1.29, 1.82) is 0 Å². The Balaban J connectivity index is 1.25. The molecule has 7 nitrogen and oxygen atoms in total. The molecule has 5 rings (SSSR count). The van der Waals surface area contributed by atoms with Gasteiger partial charge < -0.3 is 4.74 Å². The molecule has 0 aliphatic carbocycles. The van der Waals surface area contributed by atoms with Crippen LogP contribution in [0.1, 0.15) is 47.3 Å². The minimum Gasteiger partial charge on any atom is -0.379 e. The van der Waals surface area contributed by atoms with Gasteiger partial charge in [-0.3, -0.25) is 19.2 Å². The zero-order chi connectivity index (χ0) is 24.2. The number of benzene rings is 1. The van der Waals surface area contributed by atoms with Crippen LogP contribution in [0, 0.1) is 6.92 Å². The van der Waals surface area contributed by atoms with Crippen LogP contribution in [0.2, 0.25) is 0 Å². The van der Waals surface area contributed by atoms with Gasteiger partial charge in [0, 0.05) is 69.1 Å². The lowest BCUT2D eigenvalue weighted by Crippen LogP contribution is -2.37. The van der Waals surface area contributed by atoms with Crippen LogP contribution in [-0.4, -0.2) is 81.9 Å². The molecule has 0 N–H and O–H groups in total. The average molecular weight is 494 g/mol. The van der Waals surface area contributed by atoms with Gasteiger partial charge in [-0.15, -0.1) is 0 Å². The average Bonchev–Trinajstić information content (AvgIpc) is 3.25. The number of morpholine rings is 1. The second-order valence-electron chi connectivity index (χ2n) is 9.66. The largest absolute Gasteiger partial charge is 0.379 e. The normalized spacial score (nSPS) is 19.9. The second kappa shape index (κ2) is 11.2. The summed E-state index contributed by atoms with van der Waals surface area (Å²) in [6, 6.07) is 8.21. The molecule has 0 spiro atoms. The van der Waals surface area contributed by atoms with Crippen molar-refractivity contribution in [2.45, 2.75) is 44.3 Å². The van der Waals surface area contributed by atoms with E-state index in [1.165, 1.54) is 22.2 Å². The molecule has 3 aromatic rings. The number of hydrogen-bond donors (Lipinski definition) is 0. The van der Waals surface area contributed by atoms with Crippen molar-refractivity contribution in [3.05, 3.63) is 53.5 Å². The first-order valence-corrected chi connectivity index (χ1v) is 13.7. The van der Waals surface area contributed by atoms with Gasteiger partial charge >= 0.3 is 0 Å². The molecule has 0 radical (unpaired) electrons. The first-order chi connectivity index (χ1) is 17.1. The third kappa shape index (κ3) is 5.77. The van der Waals surface area contributed by atoms with E-state index in [-0.39, 0.29) is 5.91 Å². The summed E-state index contributed by atoms with van der Waals surface area (Å²) in [5.74, 6) is 1.46. The molecule has 2 aromatic heterocycles. The van der Waals surface area contributed by atoms with Crippen LogP contribution in [0.15, 0.2) is 41.8 Å². The van der Waals surface area contributed by atoms with Gasteiger partial charge in [0.15, 0.2) is 5.16 Å². The summed E-state index contributed by atoms with van der Waals surface area (Å²) in [6.07, 6.45) is 6.33. The maximum absolute atomic E-state index is 12.2. The van der Waals surface area contributed by atoms with Gasteiger partial charge in [-0.2, -0.15) is 0 Å². The quantitative estimate of drug-likeness (QED) is 0.361. The minimum absolute atomic E-state index is 0.0548. The number of aryl methyl sites for hydroxylation is 1. The molecule has 1 unspecified atom stereocenters. The number of fused-ring (bicyclic) bond motifs is 1. The molecule has 1 atom stereocenters. The molecule has 2 saturated heterocycles. The molecule has 0 amide bonds. The Labute approximate surface area is 211 Å². The molecule has 35 heavy (non-hydrogen) atoms. The van der Waals surface area contributed by atoms with Gasteiger partial charge in [-0.05, 0) is 43.5 Å². The highest BCUT2D eigenvalue weighted by atomic mass is 32.2. The van der Waals surface area contributed by atoms with Gasteiger partial charge in [-0.1, -0.05) is 30.0 Å². The monoisotopic (exact) mass is 493 g/mol. The Morgan fingerprint density at radius 2 is 2.00 bits per heavy atom. The summed E-state index contributed by atoms with van der Waals surface area (Å²) >= 11 is 1.76. The minimum atomic E-state index is 0.0548. The Bertz CT molecular complexity index is 1170. The molecule has 4 heterocycles. The summed E-state index contributed by atoms with van der Waals surface area (Å²) in [7, 11) is 0. The van der Waals surface area contributed by atoms with Crippen molar-refractivity contribution in [3.63, 3.8) is 0 Å². The van der Waals surface area contributed by atoms with Crippen molar-refractivity contribution >= 4 is 28.6 Å². The molecule has 0 saturated carbocycles. The van der Waals surface area contributed by atoms with Crippen LogP contribution in [0.4, 0.5) is 0 Å². The summed E-state index contributed by atoms with van der Waals surface area (Å²) < 4.78 is 7.22. The fourth-order valence-electron chi connectivity index (χ4n) is 5.31. The number of rotatable bonds is 7. The third-order valence-electron chi connectivity index (χ3n) is 7.15. The summed E-state index contributed by atoms with van der Waals surface area (Å²) in [6.45, 7) is 11.4. The van der Waals surface area contributed by atoms with Crippen molar-refractivity contribution in [1.82, 2.24) is 24.3 Å². The maximum Gasteiger partial charge on any atom is 0.227 e. The number of para-hydroxylation sites is 1.